The lowest BCUT2D eigenvalue weighted by molar-refractivity contribution is 0.0978. The number of carbonyl (C=O) groups is 2. The van der Waals surface area contributed by atoms with E-state index in [-0.39, 0.29) is 22.5 Å². The topological polar surface area (TPSA) is 76.2 Å². The van der Waals surface area contributed by atoms with Crippen molar-refractivity contribution in [3.05, 3.63) is 87.2 Å². The number of rotatable bonds is 2. The Morgan fingerprint density at radius 1 is 0.800 bits per heavy atom. The molecule has 4 rings (SSSR count). The van der Waals surface area contributed by atoms with Crippen LogP contribution in [0.3, 0.4) is 0 Å². The zero-order valence-corrected chi connectivity index (χ0v) is 13.3. The van der Waals surface area contributed by atoms with Crippen LogP contribution in [0.1, 0.15) is 31.8 Å². The molecule has 0 atom stereocenters. The molecule has 25 heavy (non-hydrogen) atoms. The van der Waals surface area contributed by atoms with Gasteiger partial charge in [-0.05, 0) is 35.9 Å². The van der Waals surface area contributed by atoms with Gasteiger partial charge < -0.3 is 9.72 Å². The number of benzene rings is 2. The molecular formula is C20H13NO4. The minimum absolute atomic E-state index is 0.0963. The Kier molecular flexibility index (Phi) is 3.35. The molecule has 1 heterocycles. The van der Waals surface area contributed by atoms with Gasteiger partial charge in [0.05, 0.1) is 12.7 Å². The largest absolute Gasteiger partial charge is 0.497 e. The molecule has 1 N–H and O–H groups in total. The first-order chi connectivity index (χ1) is 12.1. The summed E-state index contributed by atoms with van der Waals surface area (Å²) in [4.78, 5) is 40.6. The van der Waals surface area contributed by atoms with Crippen LogP contribution in [0.4, 0.5) is 0 Å². The number of ether oxygens (including phenoxy) is 1. The van der Waals surface area contributed by atoms with Gasteiger partial charge >= 0.3 is 0 Å². The van der Waals surface area contributed by atoms with E-state index < -0.39 is 11.3 Å². The van der Waals surface area contributed by atoms with E-state index in [1.807, 2.05) is 0 Å². The van der Waals surface area contributed by atoms with Crippen LogP contribution in [-0.4, -0.2) is 23.7 Å². The first-order valence-electron chi connectivity index (χ1n) is 7.70. The number of methoxy groups -OCH3 is 1. The summed E-state index contributed by atoms with van der Waals surface area (Å²) in [5.41, 5.74) is 1.27. The lowest BCUT2D eigenvalue weighted by atomic mass is 9.84. The summed E-state index contributed by atoms with van der Waals surface area (Å²) >= 11 is 0. The van der Waals surface area contributed by atoms with E-state index in [4.69, 9.17) is 4.74 Å². The first-order valence-corrected chi connectivity index (χ1v) is 7.70. The number of aromatic nitrogens is 1. The molecule has 0 bridgehead atoms. The maximum absolute atomic E-state index is 12.8. The third kappa shape index (κ3) is 2.29. The zero-order valence-electron chi connectivity index (χ0n) is 13.3. The summed E-state index contributed by atoms with van der Waals surface area (Å²) in [6, 6.07) is 15.2. The number of aromatic amines is 1. The number of ketones is 2. The second-order valence-corrected chi connectivity index (χ2v) is 5.73. The molecule has 5 heteroatoms. The number of carbonyl (C=O) groups excluding carboxylic acids is 2. The number of H-pyrrole nitrogens is 1. The lowest BCUT2D eigenvalue weighted by Gasteiger charge is -2.17. The molecule has 0 amide bonds. The van der Waals surface area contributed by atoms with Crippen molar-refractivity contribution in [2.45, 2.75) is 0 Å². The van der Waals surface area contributed by atoms with E-state index >= 15 is 0 Å². The summed E-state index contributed by atoms with van der Waals surface area (Å²) in [7, 11) is 1.57. The number of pyridine rings is 1. The molecule has 0 fully saturated rings. The number of nitrogens with one attached hydrogen (secondary N) is 1. The second-order valence-electron chi connectivity index (χ2n) is 5.73. The third-order valence-electron chi connectivity index (χ3n) is 4.32. The maximum Gasteiger partial charge on any atom is 0.260 e. The smallest absolute Gasteiger partial charge is 0.260 e. The third-order valence-corrected chi connectivity index (χ3v) is 4.32. The highest BCUT2D eigenvalue weighted by Gasteiger charge is 2.32. The average molecular weight is 331 g/mol. The molecule has 0 saturated heterocycles. The van der Waals surface area contributed by atoms with E-state index in [1.54, 1.807) is 61.7 Å². The number of fused-ring (bicyclic) bond motifs is 2. The molecule has 2 aromatic carbocycles. The van der Waals surface area contributed by atoms with Crippen LogP contribution in [0.15, 0.2) is 59.4 Å². The van der Waals surface area contributed by atoms with E-state index in [0.29, 0.717) is 17.0 Å². The summed E-state index contributed by atoms with van der Waals surface area (Å²) in [6.07, 6.45) is 0. The van der Waals surface area contributed by atoms with Gasteiger partial charge in [0.25, 0.3) is 5.56 Å². The minimum Gasteiger partial charge on any atom is -0.497 e. The van der Waals surface area contributed by atoms with Crippen LogP contribution in [0.5, 0.6) is 5.75 Å². The van der Waals surface area contributed by atoms with Gasteiger partial charge in [0, 0.05) is 22.4 Å². The van der Waals surface area contributed by atoms with Gasteiger partial charge in [0.15, 0.2) is 11.6 Å². The van der Waals surface area contributed by atoms with Crippen LogP contribution >= 0.6 is 0 Å². The SMILES string of the molecule is COc1ccc(-c2cc3c(c(=O)[nH]2)C(=O)c2ccccc2C3=O)cc1. The summed E-state index contributed by atoms with van der Waals surface area (Å²) in [5.74, 6) is -0.0527. The molecule has 0 aliphatic heterocycles. The highest BCUT2D eigenvalue weighted by molar-refractivity contribution is 6.28. The van der Waals surface area contributed by atoms with E-state index in [0.717, 1.165) is 5.56 Å². The van der Waals surface area contributed by atoms with Crippen LogP contribution in [0.25, 0.3) is 11.3 Å². The van der Waals surface area contributed by atoms with Crippen LogP contribution in [0.2, 0.25) is 0 Å². The Hall–Kier alpha value is -3.47. The van der Waals surface area contributed by atoms with Gasteiger partial charge in [-0.3, -0.25) is 14.4 Å². The van der Waals surface area contributed by atoms with Gasteiger partial charge in [-0.1, -0.05) is 24.3 Å². The fraction of sp³-hybridized carbons (Fsp3) is 0.0500. The Bertz CT molecular complexity index is 1080. The van der Waals surface area contributed by atoms with Crippen molar-refractivity contribution in [2.24, 2.45) is 0 Å². The fourth-order valence-electron chi connectivity index (χ4n) is 3.05. The molecule has 0 spiro atoms. The second kappa shape index (κ2) is 5.56. The number of hydrogen-bond acceptors (Lipinski definition) is 4. The Labute approximate surface area is 142 Å². The Balaban J connectivity index is 1.91. The molecule has 1 aliphatic rings. The predicted molar refractivity (Wildman–Crippen MR) is 92.4 cm³/mol. The van der Waals surface area contributed by atoms with Gasteiger partial charge in [0.2, 0.25) is 0 Å². The minimum atomic E-state index is -0.559. The zero-order chi connectivity index (χ0) is 17.6. The normalized spacial score (nSPS) is 12.5. The molecular weight excluding hydrogens is 318 g/mol. The van der Waals surface area contributed by atoms with Crippen molar-refractivity contribution in [1.82, 2.24) is 4.98 Å². The van der Waals surface area contributed by atoms with E-state index in [2.05, 4.69) is 4.98 Å². The first kappa shape index (κ1) is 15.1. The molecule has 5 nitrogen and oxygen atoms in total. The standard InChI is InChI=1S/C20H13NO4/c1-25-12-8-6-11(7-9-12)16-10-15-17(20(24)21-16)19(23)14-5-3-2-4-13(14)18(15)22/h2-10H,1H3,(H,21,24). The molecule has 0 radical (unpaired) electrons. The van der Waals surface area contributed by atoms with Crippen LogP contribution < -0.4 is 10.3 Å². The van der Waals surface area contributed by atoms with E-state index in [9.17, 15) is 14.4 Å². The molecule has 122 valence electrons. The van der Waals surface area contributed by atoms with Gasteiger partial charge in [-0.2, -0.15) is 0 Å². The molecule has 3 aromatic rings. The predicted octanol–water partition coefficient (Wildman–Crippen LogP) is 2.83. The van der Waals surface area contributed by atoms with E-state index in [1.165, 1.54) is 0 Å². The van der Waals surface area contributed by atoms with Gasteiger partial charge in [-0.15, -0.1) is 0 Å². The molecule has 1 aromatic heterocycles. The highest BCUT2D eigenvalue weighted by atomic mass is 16.5. The maximum atomic E-state index is 12.8. The fourth-order valence-corrected chi connectivity index (χ4v) is 3.05. The summed E-state index contributed by atoms with van der Waals surface area (Å²) < 4.78 is 5.12. The summed E-state index contributed by atoms with van der Waals surface area (Å²) in [6.45, 7) is 0. The van der Waals surface area contributed by atoms with Crippen molar-refractivity contribution in [3.63, 3.8) is 0 Å². The lowest BCUT2D eigenvalue weighted by Crippen LogP contribution is -2.29. The monoisotopic (exact) mass is 331 g/mol. The Morgan fingerprint density at radius 3 is 2.08 bits per heavy atom. The van der Waals surface area contributed by atoms with Gasteiger partial charge in [0.1, 0.15) is 5.75 Å². The highest BCUT2D eigenvalue weighted by Crippen LogP contribution is 2.28. The van der Waals surface area contributed by atoms with Crippen molar-refractivity contribution in [3.8, 4) is 17.0 Å². The molecule has 0 unspecified atom stereocenters. The van der Waals surface area contributed by atoms with Crippen molar-refractivity contribution in [1.29, 1.82) is 0 Å². The number of hydrogen-bond donors (Lipinski definition) is 1. The molecule has 1 aliphatic carbocycles. The van der Waals surface area contributed by atoms with Crippen molar-refractivity contribution in [2.75, 3.05) is 7.11 Å². The quantitative estimate of drug-likeness (QED) is 0.613. The molecule has 0 saturated carbocycles. The van der Waals surface area contributed by atoms with Crippen LogP contribution in [0, 0.1) is 0 Å². The Morgan fingerprint density at radius 2 is 1.44 bits per heavy atom. The van der Waals surface area contributed by atoms with Crippen molar-refractivity contribution >= 4 is 11.6 Å². The van der Waals surface area contributed by atoms with Crippen LogP contribution in [-0.2, 0) is 0 Å². The summed E-state index contributed by atoms with van der Waals surface area (Å²) in [5, 5.41) is 0. The van der Waals surface area contributed by atoms with Gasteiger partial charge in [-0.25, -0.2) is 0 Å². The van der Waals surface area contributed by atoms with Crippen molar-refractivity contribution < 1.29 is 14.3 Å². The average Bonchev–Trinajstić information content (AvgIpc) is 2.65.